The summed E-state index contributed by atoms with van der Waals surface area (Å²) in [6, 6.07) is 26.4. The summed E-state index contributed by atoms with van der Waals surface area (Å²) < 4.78 is 27.3. The molecule has 6 rings (SSSR count). The molecule has 3 heterocycles. The van der Waals surface area contributed by atoms with Crippen LogP contribution >= 0.6 is 10.5 Å². The van der Waals surface area contributed by atoms with Gasteiger partial charge in [0.2, 0.25) is 16.0 Å². The molecular formula is C38H44N6O3S2. The average Bonchev–Trinajstić information content (AvgIpc) is 3.09. The zero-order valence-corrected chi connectivity index (χ0v) is 30.2. The van der Waals surface area contributed by atoms with E-state index in [0.29, 0.717) is 28.5 Å². The first-order valence-electron chi connectivity index (χ1n) is 16.5. The van der Waals surface area contributed by atoms with Crippen molar-refractivity contribution in [3.05, 3.63) is 107 Å². The third kappa shape index (κ3) is 8.18. The van der Waals surface area contributed by atoms with Crippen molar-refractivity contribution >= 4 is 49.0 Å². The molecule has 1 unspecified atom stereocenters. The summed E-state index contributed by atoms with van der Waals surface area (Å²) in [5.74, 6) is 5.50. The van der Waals surface area contributed by atoms with Crippen LogP contribution in [0.3, 0.4) is 0 Å². The summed E-state index contributed by atoms with van der Waals surface area (Å²) in [6.45, 7) is 4.52. The monoisotopic (exact) mass is 696 g/mol. The minimum atomic E-state index is -3.45. The zero-order chi connectivity index (χ0) is 34.7. The minimum Gasteiger partial charge on any atom is -0.324 e. The number of benzene rings is 3. The van der Waals surface area contributed by atoms with Gasteiger partial charge in [-0.25, -0.2) is 17.7 Å². The number of likely N-dealkylation sites (tertiary alicyclic amines) is 1. The second kappa shape index (κ2) is 14.8. The zero-order valence-electron chi connectivity index (χ0n) is 28.6. The molecule has 3 aromatic carbocycles. The molecule has 0 amide bonds. The lowest BCUT2D eigenvalue weighted by molar-refractivity contribution is 0.219. The Morgan fingerprint density at radius 3 is 2.39 bits per heavy atom. The number of rotatable bonds is 11. The van der Waals surface area contributed by atoms with E-state index < -0.39 is 20.5 Å². The van der Waals surface area contributed by atoms with Crippen molar-refractivity contribution in [2.45, 2.75) is 42.5 Å². The fourth-order valence-electron chi connectivity index (χ4n) is 6.24. The summed E-state index contributed by atoms with van der Waals surface area (Å²) in [5.41, 5.74) is 4.59. The van der Waals surface area contributed by atoms with Gasteiger partial charge in [-0.05, 0) is 111 Å². The quantitative estimate of drug-likeness (QED) is 0.160. The van der Waals surface area contributed by atoms with Crippen LogP contribution in [0.15, 0.2) is 99.6 Å². The first-order valence-corrected chi connectivity index (χ1v) is 19.8. The van der Waals surface area contributed by atoms with Gasteiger partial charge in [-0.1, -0.05) is 42.3 Å². The van der Waals surface area contributed by atoms with Gasteiger partial charge in [0.15, 0.2) is 0 Å². The fraction of sp³-hybridized carbons (Fsp3) is 0.316. The van der Waals surface area contributed by atoms with Crippen LogP contribution in [-0.2, 0) is 23.0 Å². The summed E-state index contributed by atoms with van der Waals surface area (Å²) in [4.78, 5) is 28.3. The Morgan fingerprint density at radius 2 is 1.69 bits per heavy atom. The number of aryl methyl sites for hydroxylation is 1. The summed E-state index contributed by atoms with van der Waals surface area (Å²) in [7, 11) is -0.197. The van der Waals surface area contributed by atoms with E-state index in [2.05, 4.69) is 58.5 Å². The van der Waals surface area contributed by atoms with Crippen LogP contribution < -0.4 is 10.9 Å². The molecule has 1 aliphatic rings. The molecule has 1 fully saturated rings. The van der Waals surface area contributed by atoms with Gasteiger partial charge >= 0.3 is 0 Å². The number of sulfonamides is 1. The summed E-state index contributed by atoms with van der Waals surface area (Å²) >= 11 is 0. The first-order chi connectivity index (χ1) is 23.5. The third-order valence-electron chi connectivity index (χ3n) is 9.42. The van der Waals surface area contributed by atoms with Crippen LogP contribution in [0.2, 0.25) is 0 Å². The first kappa shape index (κ1) is 34.7. The second-order valence-corrected chi connectivity index (χ2v) is 16.8. The molecule has 9 nitrogen and oxygen atoms in total. The highest BCUT2D eigenvalue weighted by atomic mass is 32.2. The Balaban J connectivity index is 1.34. The number of nitrogens with zero attached hydrogens (tertiary/aromatic N) is 5. The maximum Gasteiger partial charge on any atom is 0.260 e. The number of nitrogens with one attached hydrogen (secondary N) is 1. The number of hydrogen-bond acceptors (Lipinski definition) is 7. The van der Waals surface area contributed by atoms with E-state index in [1.54, 1.807) is 10.8 Å². The van der Waals surface area contributed by atoms with E-state index in [1.807, 2.05) is 55.5 Å². The van der Waals surface area contributed by atoms with Crippen LogP contribution in [0.1, 0.15) is 24.0 Å². The third-order valence-corrected chi connectivity index (χ3v) is 12.4. The molecule has 11 heteroatoms. The molecule has 0 radical (unpaired) electrons. The lowest BCUT2D eigenvalue weighted by atomic mass is 9.90. The molecule has 1 aliphatic heterocycles. The lowest BCUT2D eigenvalue weighted by Gasteiger charge is -2.28. The van der Waals surface area contributed by atoms with E-state index in [-0.39, 0.29) is 18.6 Å². The number of hydrogen-bond donors (Lipinski definition) is 1. The van der Waals surface area contributed by atoms with E-state index in [1.165, 1.54) is 29.8 Å². The maximum atomic E-state index is 14.3. The molecule has 256 valence electrons. The van der Waals surface area contributed by atoms with Crippen molar-refractivity contribution in [3.8, 4) is 11.1 Å². The largest absolute Gasteiger partial charge is 0.324 e. The van der Waals surface area contributed by atoms with Crippen LogP contribution in [0.5, 0.6) is 0 Å². The van der Waals surface area contributed by atoms with Crippen molar-refractivity contribution in [2.75, 3.05) is 45.3 Å². The molecule has 0 saturated carbocycles. The number of anilines is 2. The Labute approximate surface area is 291 Å². The van der Waals surface area contributed by atoms with Gasteiger partial charge in [-0.3, -0.25) is 9.36 Å². The Hall–Kier alpha value is -4.16. The molecule has 1 saturated heterocycles. The number of fused-ring (bicyclic) bond motifs is 1. The van der Waals surface area contributed by atoms with Gasteiger partial charge in [-0.2, -0.15) is 4.98 Å². The van der Waals surface area contributed by atoms with Crippen molar-refractivity contribution < 1.29 is 8.42 Å². The van der Waals surface area contributed by atoms with Gasteiger partial charge < -0.3 is 10.2 Å². The molecule has 1 atom stereocenters. The summed E-state index contributed by atoms with van der Waals surface area (Å²) in [6.07, 6.45) is 6.39. The number of piperidine rings is 1. The molecule has 2 aromatic heterocycles. The van der Waals surface area contributed by atoms with Gasteiger partial charge in [0, 0.05) is 52.8 Å². The van der Waals surface area contributed by atoms with E-state index in [9.17, 15) is 13.2 Å². The molecule has 0 spiro atoms. The normalized spacial score (nSPS) is 15.1. The van der Waals surface area contributed by atoms with Gasteiger partial charge in [0.05, 0.1) is 6.26 Å². The van der Waals surface area contributed by atoms with Gasteiger partial charge in [0.25, 0.3) is 5.56 Å². The van der Waals surface area contributed by atoms with Crippen molar-refractivity contribution in [1.29, 1.82) is 0 Å². The highest BCUT2D eigenvalue weighted by molar-refractivity contribution is 8.14. The van der Waals surface area contributed by atoms with Crippen LogP contribution in [0.4, 0.5) is 11.6 Å². The Morgan fingerprint density at radius 1 is 0.980 bits per heavy atom. The molecule has 1 N–H and O–H groups in total. The van der Waals surface area contributed by atoms with Gasteiger partial charge in [0.1, 0.15) is 5.65 Å². The van der Waals surface area contributed by atoms with Gasteiger partial charge in [-0.15, -0.1) is 10.5 Å². The van der Waals surface area contributed by atoms with Crippen molar-refractivity contribution in [2.24, 2.45) is 5.92 Å². The SMILES string of the molecule is C=S(c1ccccc1)c1ccc(C)c(-c2cc3cnc(Nc4ccc(CC5CCN(C)CC5)cc4)nc3n(CCN(C)S(C)(=O)=O)c2=O)c1. The van der Waals surface area contributed by atoms with E-state index in [0.717, 1.165) is 52.4 Å². The molecule has 0 bridgehead atoms. The Bertz CT molecular complexity index is 2140. The summed E-state index contributed by atoms with van der Waals surface area (Å²) in [5, 5.41) is 3.98. The molecule has 49 heavy (non-hydrogen) atoms. The van der Waals surface area contributed by atoms with Crippen LogP contribution in [-0.4, -0.2) is 78.0 Å². The molecular weight excluding hydrogens is 653 g/mol. The Kier molecular flexibility index (Phi) is 10.4. The van der Waals surface area contributed by atoms with Crippen LogP contribution in [0.25, 0.3) is 22.2 Å². The predicted molar refractivity (Wildman–Crippen MR) is 203 cm³/mol. The van der Waals surface area contributed by atoms with E-state index in [4.69, 9.17) is 4.98 Å². The highest BCUT2D eigenvalue weighted by Crippen LogP contribution is 2.37. The second-order valence-electron chi connectivity index (χ2n) is 13.0. The maximum absolute atomic E-state index is 14.3. The van der Waals surface area contributed by atoms with E-state index >= 15 is 0 Å². The van der Waals surface area contributed by atoms with Crippen LogP contribution in [0, 0.1) is 12.8 Å². The minimum absolute atomic E-state index is 0.109. The number of aromatic nitrogens is 3. The average molecular weight is 697 g/mol. The standard InChI is InChI=1S/C38H44N6O3S2/c1-27-11-16-33(48(4)32-9-7-6-8-10-32)25-34(27)35-24-30-26-39-38(41-36(30)44(37(35)45)22-21-43(3)49(5,46)47)40-31-14-12-28(13-15-31)23-29-17-19-42(2)20-18-29/h6-16,24-26,29H,4,17-23H2,1-3,5H3,(H,39,40,41). The molecule has 5 aromatic rings. The predicted octanol–water partition coefficient (Wildman–Crippen LogP) is 6.41. The smallest absolute Gasteiger partial charge is 0.260 e. The fourth-order valence-corrected chi connectivity index (χ4v) is 7.91. The topological polar surface area (TPSA) is 100 Å². The van der Waals surface area contributed by atoms with Crippen molar-refractivity contribution in [1.82, 2.24) is 23.7 Å². The van der Waals surface area contributed by atoms with Crippen molar-refractivity contribution in [3.63, 3.8) is 0 Å². The lowest BCUT2D eigenvalue weighted by Crippen LogP contribution is -2.33. The number of likely N-dealkylation sites (N-methyl/N-ethyl adjacent to an activating group) is 1. The highest BCUT2D eigenvalue weighted by Gasteiger charge is 2.19. The number of pyridine rings is 1. The molecule has 0 aliphatic carbocycles.